The fourth-order valence-corrected chi connectivity index (χ4v) is 5.38. The average molecular weight is 488 g/mol. The molecule has 4 aromatic rings. The number of sulfonamides is 1. The molecule has 4 rings (SSSR count). The molecule has 2 aromatic heterocycles. The molecule has 0 atom stereocenters. The Balaban J connectivity index is 1.77. The normalized spacial score (nSPS) is 11.7. The van der Waals surface area contributed by atoms with Crippen molar-refractivity contribution in [1.82, 2.24) is 15.0 Å². The van der Waals surface area contributed by atoms with Crippen molar-refractivity contribution in [3.63, 3.8) is 0 Å². The first kappa shape index (κ1) is 22.7. The van der Waals surface area contributed by atoms with Crippen LogP contribution in [0.15, 0.2) is 59.6 Å². The molecule has 0 saturated heterocycles. The minimum absolute atomic E-state index is 0.117. The molecule has 0 aliphatic rings. The first-order valence-electron chi connectivity index (χ1n) is 9.82. The third-order valence-corrected chi connectivity index (χ3v) is 7.43. The van der Waals surface area contributed by atoms with Gasteiger partial charge in [-0.15, -0.1) is 11.3 Å². The first-order valence-corrected chi connectivity index (χ1v) is 12.1. The van der Waals surface area contributed by atoms with Crippen LogP contribution in [0.2, 0.25) is 0 Å². The standard InChI is InChI=1S/C22H19F2N5O2S2/c1-12(2)21-28-18(19(32-21)17-9-10-26-22(25)27-17)13-5-3-6-14(11-13)29-33(30,31)20-15(23)7-4-8-16(20)24/h3-12,29H,1-2H3,(H2,25,26,27). The third kappa shape index (κ3) is 4.69. The van der Waals surface area contributed by atoms with Gasteiger partial charge in [0, 0.05) is 23.4 Å². The number of nitrogens with two attached hydrogens (primary N) is 1. The van der Waals surface area contributed by atoms with Crippen LogP contribution in [0, 0.1) is 11.6 Å². The summed E-state index contributed by atoms with van der Waals surface area (Å²) in [6.07, 6.45) is 1.55. The van der Waals surface area contributed by atoms with E-state index in [4.69, 9.17) is 10.7 Å². The van der Waals surface area contributed by atoms with Crippen molar-refractivity contribution in [2.24, 2.45) is 0 Å². The highest BCUT2D eigenvalue weighted by Gasteiger charge is 2.24. The van der Waals surface area contributed by atoms with E-state index in [1.54, 1.807) is 30.5 Å². The summed E-state index contributed by atoms with van der Waals surface area (Å²) < 4.78 is 55.7. The molecule has 0 spiro atoms. The maximum Gasteiger partial charge on any atom is 0.267 e. The molecule has 0 amide bonds. The van der Waals surface area contributed by atoms with Gasteiger partial charge in [0.15, 0.2) is 4.90 Å². The summed E-state index contributed by atoms with van der Waals surface area (Å²) in [5.41, 5.74) is 7.64. The van der Waals surface area contributed by atoms with Gasteiger partial charge in [-0.05, 0) is 30.3 Å². The minimum Gasteiger partial charge on any atom is -0.368 e. The second-order valence-electron chi connectivity index (χ2n) is 7.42. The lowest BCUT2D eigenvalue weighted by Crippen LogP contribution is -2.16. The SMILES string of the molecule is CC(C)c1nc(-c2cccc(NS(=O)(=O)c3c(F)cccc3F)c2)c(-c2ccnc(N)n2)s1. The first-order chi connectivity index (χ1) is 15.7. The molecule has 2 aromatic carbocycles. The number of rotatable bonds is 6. The van der Waals surface area contributed by atoms with Crippen molar-refractivity contribution in [1.29, 1.82) is 0 Å². The van der Waals surface area contributed by atoms with Gasteiger partial charge in [0.05, 0.1) is 21.3 Å². The topological polar surface area (TPSA) is 111 Å². The van der Waals surface area contributed by atoms with Crippen molar-refractivity contribution >= 4 is 33.0 Å². The van der Waals surface area contributed by atoms with Gasteiger partial charge in [-0.2, -0.15) is 0 Å². The number of anilines is 2. The Morgan fingerprint density at radius 3 is 2.39 bits per heavy atom. The quantitative estimate of drug-likeness (QED) is 0.394. The number of thiazole rings is 1. The highest BCUT2D eigenvalue weighted by Crippen LogP contribution is 2.39. The molecule has 11 heteroatoms. The van der Waals surface area contributed by atoms with Crippen molar-refractivity contribution in [3.8, 4) is 21.8 Å². The zero-order valence-corrected chi connectivity index (χ0v) is 19.2. The Labute approximate surface area is 193 Å². The van der Waals surface area contributed by atoms with Gasteiger partial charge in [-0.3, -0.25) is 4.72 Å². The summed E-state index contributed by atoms with van der Waals surface area (Å²) in [4.78, 5) is 12.6. The summed E-state index contributed by atoms with van der Waals surface area (Å²) in [7, 11) is -4.50. The summed E-state index contributed by atoms with van der Waals surface area (Å²) in [6.45, 7) is 4.02. The molecule has 0 aliphatic carbocycles. The fourth-order valence-electron chi connectivity index (χ4n) is 3.13. The molecule has 0 bridgehead atoms. The van der Waals surface area contributed by atoms with Gasteiger partial charge in [-0.1, -0.05) is 32.0 Å². The number of halogens is 2. The van der Waals surface area contributed by atoms with E-state index >= 15 is 0 Å². The Hall–Kier alpha value is -3.44. The van der Waals surface area contributed by atoms with E-state index in [0.29, 0.717) is 17.0 Å². The second-order valence-corrected chi connectivity index (χ2v) is 10.1. The molecule has 0 radical (unpaired) electrons. The molecule has 7 nitrogen and oxygen atoms in total. The van der Waals surface area contributed by atoms with E-state index in [1.807, 2.05) is 13.8 Å². The van der Waals surface area contributed by atoms with Gasteiger partial charge >= 0.3 is 0 Å². The predicted octanol–water partition coefficient (Wildman–Crippen LogP) is 5.05. The van der Waals surface area contributed by atoms with Gasteiger partial charge in [-0.25, -0.2) is 32.2 Å². The number of hydrogen-bond acceptors (Lipinski definition) is 7. The molecule has 0 fully saturated rings. The zero-order chi connectivity index (χ0) is 23.8. The van der Waals surface area contributed by atoms with Gasteiger partial charge in [0.2, 0.25) is 5.95 Å². The molecular weight excluding hydrogens is 468 g/mol. The average Bonchev–Trinajstić information content (AvgIpc) is 3.19. The Bertz CT molecular complexity index is 1420. The van der Waals surface area contributed by atoms with E-state index in [9.17, 15) is 17.2 Å². The highest BCUT2D eigenvalue weighted by molar-refractivity contribution is 7.92. The van der Waals surface area contributed by atoms with Crippen LogP contribution in [-0.2, 0) is 10.0 Å². The van der Waals surface area contributed by atoms with Crippen LogP contribution in [0.25, 0.3) is 21.8 Å². The summed E-state index contributed by atoms with van der Waals surface area (Å²) >= 11 is 1.45. The molecule has 0 unspecified atom stereocenters. The number of hydrogen-bond donors (Lipinski definition) is 2. The lowest BCUT2D eigenvalue weighted by atomic mass is 10.1. The van der Waals surface area contributed by atoms with E-state index < -0.39 is 26.6 Å². The van der Waals surface area contributed by atoms with E-state index in [2.05, 4.69) is 14.7 Å². The maximum atomic E-state index is 14.1. The lowest BCUT2D eigenvalue weighted by Gasteiger charge is -2.11. The van der Waals surface area contributed by atoms with Crippen LogP contribution in [0.5, 0.6) is 0 Å². The van der Waals surface area contributed by atoms with Crippen molar-refractivity contribution in [2.45, 2.75) is 24.7 Å². The number of nitrogens with one attached hydrogen (secondary N) is 1. The molecule has 3 N–H and O–H groups in total. The smallest absolute Gasteiger partial charge is 0.267 e. The van der Waals surface area contributed by atoms with Crippen LogP contribution in [0.1, 0.15) is 24.8 Å². The fraction of sp³-hybridized carbons (Fsp3) is 0.136. The summed E-state index contributed by atoms with van der Waals surface area (Å²) in [5, 5.41) is 0.858. The predicted molar refractivity (Wildman–Crippen MR) is 124 cm³/mol. The van der Waals surface area contributed by atoms with Crippen LogP contribution in [-0.4, -0.2) is 23.4 Å². The Morgan fingerprint density at radius 1 is 1.03 bits per heavy atom. The van der Waals surface area contributed by atoms with Crippen LogP contribution < -0.4 is 10.5 Å². The monoisotopic (exact) mass is 487 g/mol. The van der Waals surface area contributed by atoms with Gasteiger partial charge < -0.3 is 5.73 Å². The van der Waals surface area contributed by atoms with E-state index in [1.165, 1.54) is 17.4 Å². The van der Waals surface area contributed by atoms with Gasteiger partial charge in [0.1, 0.15) is 11.6 Å². The van der Waals surface area contributed by atoms with Crippen LogP contribution in [0.3, 0.4) is 0 Å². The van der Waals surface area contributed by atoms with E-state index in [-0.39, 0.29) is 17.6 Å². The van der Waals surface area contributed by atoms with Crippen molar-refractivity contribution in [3.05, 3.63) is 71.4 Å². The maximum absolute atomic E-state index is 14.1. The van der Waals surface area contributed by atoms with Crippen LogP contribution >= 0.6 is 11.3 Å². The largest absolute Gasteiger partial charge is 0.368 e. The van der Waals surface area contributed by atoms with Crippen molar-refractivity contribution < 1.29 is 17.2 Å². The zero-order valence-electron chi connectivity index (χ0n) is 17.6. The molecule has 2 heterocycles. The number of nitrogens with zero attached hydrogens (tertiary/aromatic N) is 3. The Morgan fingerprint density at radius 2 is 1.73 bits per heavy atom. The molecule has 33 heavy (non-hydrogen) atoms. The summed E-state index contributed by atoms with van der Waals surface area (Å²) in [6, 6.07) is 11.0. The number of nitrogen functional groups attached to an aromatic ring is 1. The second kappa shape index (κ2) is 8.83. The van der Waals surface area contributed by atoms with Crippen LogP contribution in [0.4, 0.5) is 20.4 Å². The lowest BCUT2D eigenvalue weighted by molar-refractivity contribution is 0.521. The Kier molecular flexibility index (Phi) is 6.09. The summed E-state index contributed by atoms with van der Waals surface area (Å²) in [5.74, 6) is -2.09. The number of aromatic nitrogens is 3. The molecule has 0 aliphatic heterocycles. The minimum atomic E-state index is -4.50. The molecular formula is C22H19F2N5O2S2. The third-order valence-electron chi connectivity index (χ3n) is 4.62. The molecule has 170 valence electrons. The highest BCUT2D eigenvalue weighted by atomic mass is 32.2. The van der Waals surface area contributed by atoms with Gasteiger partial charge in [0.25, 0.3) is 10.0 Å². The van der Waals surface area contributed by atoms with Crippen molar-refractivity contribution in [2.75, 3.05) is 10.5 Å². The molecule has 0 saturated carbocycles. The van der Waals surface area contributed by atoms with E-state index in [0.717, 1.165) is 28.1 Å². The number of benzene rings is 2.